The van der Waals surface area contributed by atoms with Gasteiger partial charge in [-0.2, -0.15) is 0 Å². The van der Waals surface area contributed by atoms with Crippen LogP contribution in [0.5, 0.6) is 0 Å². The summed E-state index contributed by atoms with van der Waals surface area (Å²) in [4.78, 5) is 4.09. The van der Waals surface area contributed by atoms with Crippen LogP contribution >= 0.6 is 15.9 Å². The van der Waals surface area contributed by atoms with Crippen LogP contribution in [-0.4, -0.2) is 22.7 Å². The fourth-order valence-corrected chi connectivity index (χ4v) is 1.60. The minimum atomic E-state index is 0.213. The quantitative estimate of drug-likeness (QED) is 0.862. The Morgan fingerprint density at radius 2 is 2.20 bits per heavy atom. The molecule has 3 nitrogen and oxygen atoms in total. The van der Waals surface area contributed by atoms with Crippen molar-refractivity contribution < 1.29 is 5.11 Å². The molecule has 0 amide bonds. The van der Waals surface area contributed by atoms with E-state index in [-0.39, 0.29) is 12.5 Å². The Labute approximate surface area is 99.1 Å². The van der Waals surface area contributed by atoms with Crippen molar-refractivity contribution >= 4 is 15.9 Å². The van der Waals surface area contributed by atoms with Crippen LogP contribution < -0.4 is 5.32 Å². The lowest BCUT2D eigenvalue weighted by Crippen LogP contribution is -2.33. The highest BCUT2D eigenvalue weighted by Gasteiger charge is 2.09. The average molecular weight is 273 g/mol. The lowest BCUT2D eigenvalue weighted by molar-refractivity contribution is 0.207. The van der Waals surface area contributed by atoms with E-state index in [1.807, 2.05) is 19.2 Å². The van der Waals surface area contributed by atoms with Crippen molar-refractivity contribution in [3.63, 3.8) is 0 Å². The fraction of sp³-hybridized carbons (Fsp3) is 0.545. The van der Waals surface area contributed by atoms with Gasteiger partial charge >= 0.3 is 0 Å². The summed E-state index contributed by atoms with van der Waals surface area (Å²) in [6, 6.07) is 2.34. The van der Waals surface area contributed by atoms with E-state index in [0.29, 0.717) is 6.04 Å². The zero-order valence-electron chi connectivity index (χ0n) is 9.07. The summed E-state index contributed by atoms with van der Waals surface area (Å²) in [5.41, 5.74) is 1.14. The molecule has 1 heterocycles. The van der Waals surface area contributed by atoms with Gasteiger partial charge in [0.15, 0.2) is 0 Å². The highest BCUT2D eigenvalue weighted by Crippen LogP contribution is 2.10. The Kier molecular flexibility index (Phi) is 5.22. The van der Waals surface area contributed by atoms with Crippen LogP contribution in [0.25, 0.3) is 0 Å². The van der Waals surface area contributed by atoms with Gasteiger partial charge in [-0.1, -0.05) is 6.92 Å². The molecule has 0 bridgehead atoms. The maximum absolute atomic E-state index is 8.99. The Morgan fingerprint density at radius 3 is 2.80 bits per heavy atom. The van der Waals surface area contributed by atoms with Crippen LogP contribution in [0.1, 0.15) is 19.4 Å². The first-order valence-electron chi connectivity index (χ1n) is 5.07. The molecule has 1 rings (SSSR count). The lowest BCUT2D eigenvalue weighted by Gasteiger charge is -2.19. The molecule has 0 spiro atoms. The predicted octanol–water partition coefficient (Wildman–Crippen LogP) is 1.95. The van der Waals surface area contributed by atoms with Crippen molar-refractivity contribution in [1.29, 1.82) is 0 Å². The number of hydrogen-bond donors (Lipinski definition) is 2. The molecule has 1 aromatic rings. The second-order valence-corrected chi connectivity index (χ2v) is 4.76. The average Bonchev–Trinajstić information content (AvgIpc) is 2.25. The zero-order valence-corrected chi connectivity index (χ0v) is 10.7. The second kappa shape index (κ2) is 6.20. The van der Waals surface area contributed by atoms with Crippen LogP contribution in [0.4, 0.5) is 0 Å². The van der Waals surface area contributed by atoms with E-state index in [9.17, 15) is 0 Å². The molecule has 1 aromatic heterocycles. The molecule has 0 radical (unpaired) electrons. The number of hydrogen-bond acceptors (Lipinski definition) is 3. The normalized spacial score (nSPS) is 14.9. The third kappa shape index (κ3) is 4.28. The Balaban J connectivity index is 2.43. The molecule has 15 heavy (non-hydrogen) atoms. The first-order valence-corrected chi connectivity index (χ1v) is 5.86. The van der Waals surface area contributed by atoms with E-state index >= 15 is 0 Å². The van der Waals surface area contributed by atoms with E-state index in [2.05, 4.69) is 33.2 Å². The van der Waals surface area contributed by atoms with Crippen LogP contribution in [-0.2, 0) is 6.54 Å². The van der Waals surface area contributed by atoms with Gasteiger partial charge in [0, 0.05) is 36.1 Å². The molecule has 84 valence electrons. The van der Waals surface area contributed by atoms with Gasteiger partial charge in [-0.3, -0.25) is 4.98 Å². The Bertz CT molecular complexity index is 306. The molecule has 4 heteroatoms. The fourth-order valence-electron chi connectivity index (χ4n) is 1.19. The molecular formula is C11H17BrN2O. The maximum Gasteiger partial charge on any atom is 0.0471 e. The molecule has 0 aliphatic carbocycles. The molecule has 2 atom stereocenters. The number of nitrogens with one attached hydrogen (secondary N) is 1. The van der Waals surface area contributed by atoms with Crippen molar-refractivity contribution in [2.24, 2.45) is 5.92 Å². The van der Waals surface area contributed by atoms with Gasteiger partial charge in [-0.25, -0.2) is 0 Å². The van der Waals surface area contributed by atoms with Gasteiger partial charge in [-0.05, 0) is 40.4 Å². The lowest BCUT2D eigenvalue weighted by atomic mass is 10.1. The van der Waals surface area contributed by atoms with Crippen molar-refractivity contribution in [3.05, 3.63) is 28.5 Å². The van der Waals surface area contributed by atoms with E-state index in [1.54, 1.807) is 6.20 Å². The smallest absolute Gasteiger partial charge is 0.0471 e. The summed E-state index contributed by atoms with van der Waals surface area (Å²) in [5.74, 6) is 0.269. The standard InChI is InChI=1S/C11H17BrN2O/c1-8(7-15)9(2)14-5-10-3-11(12)6-13-4-10/h3-4,6,8-9,14-15H,5,7H2,1-2H3. The van der Waals surface area contributed by atoms with Gasteiger partial charge in [0.2, 0.25) is 0 Å². The maximum atomic E-state index is 8.99. The monoisotopic (exact) mass is 272 g/mol. The summed E-state index contributed by atoms with van der Waals surface area (Å²) in [6.07, 6.45) is 3.61. The third-order valence-electron chi connectivity index (χ3n) is 2.53. The molecule has 0 aliphatic rings. The van der Waals surface area contributed by atoms with Crippen molar-refractivity contribution in [2.45, 2.75) is 26.4 Å². The van der Waals surface area contributed by atoms with E-state index < -0.39 is 0 Å². The number of nitrogens with zero attached hydrogens (tertiary/aromatic N) is 1. The van der Waals surface area contributed by atoms with E-state index in [4.69, 9.17) is 5.11 Å². The van der Waals surface area contributed by atoms with Crippen molar-refractivity contribution in [2.75, 3.05) is 6.61 Å². The molecule has 0 aromatic carbocycles. The van der Waals surface area contributed by atoms with E-state index in [0.717, 1.165) is 16.6 Å². The minimum absolute atomic E-state index is 0.213. The zero-order chi connectivity index (χ0) is 11.3. The van der Waals surface area contributed by atoms with Crippen molar-refractivity contribution in [3.8, 4) is 0 Å². The summed E-state index contributed by atoms with van der Waals surface area (Å²) in [6.45, 7) is 5.09. The highest BCUT2D eigenvalue weighted by molar-refractivity contribution is 9.10. The van der Waals surface area contributed by atoms with Crippen molar-refractivity contribution in [1.82, 2.24) is 10.3 Å². The molecule has 0 fully saturated rings. The highest BCUT2D eigenvalue weighted by atomic mass is 79.9. The number of aromatic nitrogens is 1. The number of aliphatic hydroxyl groups excluding tert-OH is 1. The summed E-state index contributed by atoms with van der Waals surface area (Å²) >= 11 is 3.38. The predicted molar refractivity (Wildman–Crippen MR) is 64.5 cm³/mol. The Hall–Kier alpha value is -0.450. The molecule has 0 saturated heterocycles. The number of halogens is 1. The van der Waals surface area contributed by atoms with E-state index in [1.165, 1.54) is 0 Å². The van der Waals surface area contributed by atoms with Gasteiger partial charge < -0.3 is 10.4 Å². The van der Waals surface area contributed by atoms with Crippen LogP contribution in [0.3, 0.4) is 0 Å². The molecule has 2 unspecified atom stereocenters. The topological polar surface area (TPSA) is 45.1 Å². The first kappa shape index (κ1) is 12.6. The Morgan fingerprint density at radius 1 is 1.47 bits per heavy atom. The molecular weight excluding hydrogens is 256 g/mol. The van der Waals surface area contributed by atoms with Crippen LogP contribution in [0.15, 0.2) is 22.9 Å². The third-order valence-corrected chi connectivity index (χ3v) is 2.96. The van der Waals surface area contributed by atoms with Gasteiger partial charge in [0.05, 0.1) is 0 Å². The largest absolute Gasteiger partial charge is 0.396 e. The van der Waals surface area contributed by atoms with Crippen LogP contribution in [0.2, 0.25) is 0 Å². The second-order valence-electron chi connectivity index (χ2n) is 3.84. The number of aliphatic hydroxyl groups is 1. The molecule has 0 aliphatic heterocycles. The van der Waals surface area contributed by atoms with Gasteiger partial charge in [0.25, 0.3) is 0 Å². The molecule has 0 saturated carbocycles. The number of pyridine rings is 1. The first-order chi connectivity index (χ1) is 7.13. The van der Waals surface area contributed by atoms with Crippen LogP contribution in [0, 0.1) is 5.92 Å². The summed E-state index contributed by atoms with van der Waals surface area (Å²) in [5, 5.41) is 12.3. The number of rotatable bonds is 5. The van der Waals surface area contributed by atoms with Gasteiger partial charge in [-0.15, -0.1) is 0 Å². The van der Waals surface area contributed by atoms with Gasteiger partial charge in [0.1, 0.15) is 0 Å². The summed E-state index contributed by atoms with van der Waals surface area (Å²) < 4.78 is 0.990. The molecule has 2 N–H and O–H groups in total. The summed E-state index contributed by atoms with van der Waals surface area (Å²) in [7, 11) is 0. The minimum Gasteiger partial charge on any atom is -0.396 e. The SMILES string of the molecule is CC(CO)C(C)NCc1cncc(Br)c1.